The highest BCUT2D eigenvalue weighted by molar-refractivity contribution is 7.86. The number of nitrogens with two attached hydrogens (primary N) is 2. The first-order chi connectivity index (χ1) is 11.8. The van der Waals surface area contributed by atoms with Crippen LogP contribution in [0.2, 0.25) is 0 Å². The topological polar surface area (TPSA) is 152 Å². The number of fused-ring (bicyclic) bond motifs is 1. The van der Waals surface area contributed by atoms with Gasteiger partial charge in [-0.3, -0.25) is 14.7 Å². The van der Waals surface area contributed by atoms with Crippen LogP contribution in [0.5, 0.6) is 0 Å². The molecule has 0 saturated heterocycles. The third kappa shape index (κ3) is 3.45. The van der Waals surface area contributed by atoms with Crippen molar-refractivity contribution in [1.82, 2.24) is 14.5 Å². The molecule has 0 fully saturated rings. The van der Waals surface area contributed by atoms with Gasteiger partial charge < -0.3 is 5.73 Å². The van der Waals surface area contributed by atoms with Crippen LogP contribution in [0.25, 0.3) is 0 Å². The summed E-state index contributed by atoms with van der Waals surface area (Å²) >= 11 is 0. The van der Waals surface area contributed by atoms with Gasteiger partial charge in [-0.05, 0) is 0 Å². The number of H-pyrrole nitrogens is 1. The van der Waals surface area contributed by atoms with Gasteiger partial charge in [0.2, 0.25) is 5.91 Å². The van der Waals surface area contributed by atoms with Gasteiger partial charge in [0.05, 0.1) is 23.9 Å². The summed E-state index contributed by atoms with van der Waals surface area (Å²) < 4.78 is 24.1. The van der Waals surface area contributed by atoms with Crippen molar-refractivity contribution < 1.29 is 18.0 Å². The van der Waals surface area contributed by atoms with Crippen LogP contribution in [-0.4, -0.2) is 34.6 Å². The van der Waals surface area contributed by atoms with E-state index < -0.39 is 22.0 Å². The zero-order chi connectivity index (χ0) is 18.2. The molecular weight excluding hydrogens is 346 g/mol. The van der Waals surface area contributed by atoms with Crippen molar-refractivity contribution in [2.75, 3.05) is 0 Å². The molecule has 0 bridgehead atoms. The van der Waals surface area contributed by atoms with E-state index in [2.05, 4.69) is 10.2 Å². The summed E-state index contributed by atoms with van der Waals surface area (Å²) in [5.74, 6) is -1.90. The van der Waals surface area contributed by atoms with Crippen LogP contribution in [0.4, 0.5) is 0 Å². The summed E-state index contributed by atoms with van der Waals surface area (Å²) in [4.78, 5) is 24.3. The predicted octanol–water partition coefficient (Wildman–Crippen LogP) is -0.229. The molecule has 0 saturated carbocycles. The summed E-state index contributed by atoms with van der Waals surface area (Å²) in [5, 5.41) is 11.9. The van der Waals surface area contributed by atoms with Gasteiger partial charge in [-0.1, -0.05) is 30.3 Å². The van der Waals surface area contributed by atoms with Gasteiger partial charge in [-0.2, -0.15) is 17.8 Å². The molecule has 2 aromatic rings. The minimum atomic E-state index is -3.87. The van der Waals surface area contributed by atoms with Crippen molar-refractivity contribution >= 4 is 21.9 Å². The number of hydrogen-bond acceptors (Lipinski definition) is 5. The number of nitrogens with zero attached hydrogens (tertiary/aromatic N) is 2. The molecule has 1 aromatic carbocycles. The molecule has 0 radical (unpaired) electrons. The lowest BCUT2D eigenvalue weighted by Gasteiger charge is -2.14. The summed E-state index contributed by atoms with van der Waals surface area (Å²) in [5.41, 5.74) is 7.31. The Hall–Kier alpha value is -2.56. The minimum Gasteiger partial charge on any atom is -0.369 e. The molecular formula is C15H17N5O4S. The summed E-state index contributed by atoms with van der Waals surface area (Å²) in [6.45, 7) is 0.0303. The lowest BCUT2D eigenvalue weighted by atomic mass is 9.92. The first-order valence-corrected chi connectivity index (χ1v) is 8.99. The summed E-state index contributed by atoms with van der Waals surface area (Å²) in [6, 6.07) is 8.53. The Labute approximate surface area is 144 Å². The van der Waals surface area contributed by atoms with E-state index in [1.165, 1.54) is 0 Å². The third-order valence-corrected chi connectivity index (χ3v) is 5.15. The van der Waals surface area contributed by atoms with Crippen molar-refractivity contribution in [2.24, 2.45) is 10.9 Å². The number of aromatic nitrogens is 2. The monoisotopic (exact) mass is 363 g/mol. The summed E-state index contributed by atoms with van der Waals surface area (Å²) in [7, 11) is -3.87. The predicted molar refractivity (Wildman–Crippen MR) is 88.3 cm³/mol. The fourth-order valence-corrected chi connectivity index (χ4v) is 3.48. The quantitative estimate of drug-likeness (QED) is 0.605. The molecule has 1 aromatic heterocycles. The highest BCUT2D eigenvalue weighted by Gasteiger charge is 2.35. The van der Waals surface area contributed by atoms with Crippen LogP contribution < -0.4 is 10.9 Å². The fraction of sp³-hybridized carbons (Fsp3) is 0.267. The van der Waals surface area contributed by atoms with Crippen LogP contribution in [0.15, 0.2) is 30.3 Å². The largest absolute Gasteiger partial charge is 0.369 e. The van der Waals surface area contributed by atoms with Gasteiger partial charge >= 0.3 is 0 Å². The SMILES string of the molecule is NC(=O)C(CC(=O)c1ccccc1)c1n[nH]c2c1CN(S(N)(=O)=O)C2. The van der Waals surface area contributed by atoms with E-state index in [1.807, 2.05) is 0 Å². The van der Waals surface area contributed by atoms with Gasteiger partial charge in [-0.25, -0.2) is 5.14 Å². The second kappa shape index (κ2) is 6.39. The van der Waals surface area contributed by atoms with E-state index in [0.717, 1.165) is 4.31 Å². The molecule has 0 spiro atoms. The van der Waals surface area contributed by atoms with Crippen molar-refractivity contribution in [3.8, 4) is 0 Å². The molecule has 1 atom stereocenters. The Balaban J connectivity index is 1.87. The molecule has 1 aliphatic heterocycles. The number of nitrogens with one attached hydrogen (secondary N) is 1. The smallest absolute Gasteiger partial charge is 0.277 e. The Morgan fingerprint density at radius 1 is 1.24 bits per heavy atom. The van der Waals surface area contributed by atoms with Gasteiger partial charge in [0.25, 0.3) is 10.2 Å². The second-order valence-corrected chi connectivity index (χ2v) is 7.37. The average Bonchev–Trinajstić information content (AvgIpc) is 3.13. The molecule has 5 N–H and O–H groups in total. The van der Waals surface area contributed by atoms with Gasteiger partial charge in [0.15, 0.2) is 5.78 Å². The molecule has 132 valence electrons. The maximum Gasteiger partial charge on any atom is 0.277 e. The van der Waals surface area contributed by atoms with E-state index in [0.29, 0.717) is 16.8 Å². The number of primary amides is 1. The maximum atomic E-state index is 12.4. The van der Waals surface area contributed by atoms with Crippen molar-refractivity contribution in [1.29, 1.82) is 0 Å². The number of aromatic amines is 1. The van der Waals surface area contributed by atoms with Crippen LogP contribution >= 0.6 is 0 Å². The number of carbonyl (C=O) groups excluding carboxylic acids is 2. The first kappa shape index (κ1) is 17.3. The molecule has 1 aliphatic rings. The summed E-state index contributed by atoms with van der Waals surface area (Å²) in [6.07, 6.45) is -0.147. The highest BCUT2D eigenvalue weighted by atomic mass is 32.2. The van der Waals surface area contributed by atoms with Gasteiger partial charge in [0.1, 0.15) is 0 Å². The van der Waals surface area contributed by atoms with E-state index in [4.69, 9.17) is 10.9 Å². The molecule has 25 heavy (non-hydrogen) atoms. The lowest BCUT2D eigenvalue weighted by molar-refractivity contribution is -0.119. The van der Waals surface area contributed by atoms with E-state index in [9.17, 15) is 18.0 Å². The molecule has 1 unspecified atom stereocenters. The highest BCUT2D eigenvalue weighted by Crippen LogP contribution is 2.31. The van der Waals surface area contributed by atoms with Crippen LogP contribution in [0.1, 0.15) is 39.6 Å². The Morgan fingerprint density at radius 3 is 2.52 bits per heavy atom. The zero-order valence-corrected chi connectivity index (χ0v) is 14.0. The van der Waals surface area contributed by atoms with E-state index in [-0.39, 0.29) is 31.0 Å². The zero-order valence-electron chi connectivity index (χ0n) is 13.2. The number of ketones is 1. The third-order valence-electron chi connectivity index (χ3n) is 4.17. The second-order valence-electron chi connectivity index (χ2n) is 5.83. The fourth-order valence-electron chi connectivity index (χ4n) is 2.86. The van der Waals surface area contributed by atoms with Crippen molar-refractivity contribution in [2.45, 2.75) is 25.4 Å². The Bertz CT molecular complexity index is 923. The number of benzene rings is 1. The Kier molecular flexibility index (Phi) is 4.41. The molecule has 10 heteroatoms. The minimum absolute atomic E-state index is 0.0106. The number of hydrogen-bond donors (Lipinski definition) is 3. The van der Waals surface area contributed by atoms with Crippen LogP contribution in [-0.2, 0) is 28.1 Å². The number of amides is 1. The lowest BCUT2D eigenvalue weighted by Crippen LogP contribution is -2.33. The number of carbonyl (C=O) groups is 2. The van der Waals surface area contributed by atoms with E-state index >= 15 is 0 Å². The van der Waals surface area contributed by atoms with Crippen molar-refractivity contribution in [3.05, 3.63) is 52.8 Å². The molecule has 0 aliphatic carbocycles. The van der Waals surface area contributed by atoms with E-state index in [1.54, 1.807) is 30.3 Å². The number of Topliss-reactive ketones (excluding diaryl/α,β-unsaturated/α-hetero) is 1. The molecule has 3 rings (SSSR count). The maximum absolute atomic E-state index is 12.4. The average molecular weight is 363 g/mol. The number of rotatable bonds is 6. The standard InChI is InChI=1S/C15H17N5O4S/c16-15(22)10(6-13(21)9-4-2-1-3-5-9)14-11-7-20(25(17,23)24)8-12(11)18-19-14/h1-5,10H,6-8H2,(H2,16,22)(H,18,19)(H2,17,23,24). The Morgan fingerprint density at radius 2 is 1.92 bits per heavy atom. The van der Waals surface area contributed by atoms with Crippen LogP contribution in [0.3, 0.4) is 0 Å². The molecule has 2 heterocycles. The van der Waals surface area contributed by atoms with Crippen molar-refractivity contribution in [3.63, 3.8) is 0 Å². The molecule has 9 nitrogen and oxygen atoms in total. The van der Waals surface area contributed by atoms with Gasteiger partial charge in [-0.15, -0.1) is 0 Å². The normalized spacial score (nSPS) is 15.7. The first-order valence-electron chi connectivity index (χ1n) is 7.49. The van der Waals surface area contributed by atoms with Gasteiger partial charge in [0, 0.05) is 24.1 Å². The van der Waals surface area contributed by atoms with Crippen LogP contribution in [0, 0.1) is 0 Å². The molecule has 1 amide bonds.